The van der Waals surface area contributed by atoms with Crippen LogP contribution in [-0.4, -0.2) is 126 Å². The van der Waals surface area contributed by atoms with Gasteiger partial charge >= 0.3 is 0 Å². The summed E-state index contributed by atoms with van der Waals surface area (Å²) in [5.41, 5.74) is -1.07. The van der Waals surface area contributed by atoms with Crippen LogP contribution in [0.4, 0.5) is 0 Å². The van der Waals surface area contributed by atoms with Crippen molar-refractivity contribution in [3.8, 4) is 34.3 Å². The van der Waals surface area contributed by atoms with Crippen LogP contribution in [0.25, 0.3) is 22.3 Å². The van der Waals surface area contributed by atoms with Crippen LogP contribution in [0.1, 0.15) is 0 Å². The minimum atomic E-state index is -1.89. The lowest BCUT2D eigenvalue weighted by atomic mass is 9.99. The molecule has 2 saturated heterocycles. The van der Waals surface area contributed by atoms with Crippen LogP contribution in [0.3, 0.4) is 0 Å². The van der Waals surface area contributed by atoms with Gasteiger partial charge in [-0.25, -0.2) is 0 Å². The SMILES string of the molecule is O=c1c(O[C@@H]2OC(CO)[C@@H](O)C(O)C2O)c(-c2ccc(O[C@@H]3OC(CO)[C@@H](O)C(O)C3O)cc2)oc2cc(O)cc(O)c12. The molecular weight excluding hydrogens is 580 g/mol. The number of aliphatic hydroxyl groups is 8. The van der Waals surface area contributed by atoms with Crippen LogP contribution in [0.15, 0.2) is 45.6 Å². The molecule has 43 heavy (non-hydrogen) atoms. The summed E-state index contributed by atoms with van der Waals surface area (Å²) in [6, 6.07) is 7.38. The normalized spacial score (nSPS) is 32.9. The number of ether oxygens (including phenoxy) is 4. The number of fused-ring (bicyclic) bond motifs is 1. The molecule has 1 aromatic heterocycles. The lowest BCUT2D eigenvalue weighted by molar-refractivity contribution is -0.277. The van der Waals surface area contributed by atoms with E-state index < -0.39 is 103 Å². The number of phenolic OH excluding ortho intramolecular Hbond substituents is 2. The van der Waals surface area contributed by atoms with E-state index in [9.17, 15) is 55.9 Å². The van der Waals surface area contributed by atoms with Crippen molar-refractivity contribution in [2.75, 3.05) is 13.2 Å². The second-order valence-corrected chi connectivity index (χ2v) is 10.1. The van der Waals surface area contributed by atoms with Crippen molar-refractivity contribution < 1.29 is 74.4 Å². The zero-order valence-electron chi connectivity index (χ0n) is 22.1. The van der Waals surface area contributed by atoms with Crippen molar-refractivity contribution in [2.24, 2.45) is 0 Å². The van der Waals surface area contributed by atoms with Gasteiger partial charge in [0.25, 0.3) is 0 Å². The summed E-state index contributed by atoms with van der Waals surface area (Å²) < 4.78 is 27.7. The zero-order valence-corrected chi connectivity index (χ0v) is 22.1. The maximum atomic E-state index is 13.6. The van der Waals surface area contributed by atoms with E-state index in [1.165, 1.54) is 24.3 Å². The highest BCUT2D eigenvalue weighted by molar-refractivity contribution is 5.88. The summed E-state index contributed by atoms with van der Waals surface area (Å²) in [6.07, 6.45) is -16.2. The van der Waals surface area contributed by atoms with Crippen LogP contribution in [-0.2, 0) is 9.47 Å². The van der Waals surface area contributed by atoms with Gasteiger partial charge in [0.1, 0.15) is 77.0 Å². The van der Waals surface area contributed by atoms with Gasteiger partial charge in [-0.2, -0.15) is 0 Å². The molecule has 0 amide bonds. The third-order valence-electron chi connectivity index (χ3n) is 7.22. The fourth-order valence-electron chi connectivity index (χ4n) is 4.83. The number of rotatable bonds is 7. The number of hydrogen-bond acceptors (Lipinski definition) is 16. The van der Waals surface area contributed by atoms with Crippen molar-refractivity contribution in [1.29, 1.82) is 0 Å². The molecule has 0 radical (unpaired) electrons. The van der Waals surface area contributed by atoms with Gasteiger partial charge in [0.2, 0.25) is 23.8 Å². The number of benzene rings is 2. The first kappa shape index (κ1) is 30.9. The van der Waals surface area contributed by atoms with Gasteiger partial charge < -0.3 is 74.4 Å². The number of aromatic hydroxyl groups is 2. The Morgan fingerprint density at radius 3 is 1.77 bits per heavy atom. The molecule has 3 heterocycles. The van der Waals surface area contributed by atoms with Crippen molar-refractivity contribution in [2.45, 2.75) is 61.4 Å². The molecule has 5 rings (SSSR count). The van der Waals surface area contributed by atoms with E-state index in [4.69, 9.17) is 23.4 Å². The van der Waals surface area contributed by atoms with Gasteiger partial charge in [-0.15, -0.1) is 0 Å². The van der Waals surface area contributed by atoms with E-state index in [0.717, 1.165) is 12.1 Å². The number of hydrogen-bond donors (Lipinski definition) is 10. The molecule has 2 fully saturated rings. The molecule has 16 heteroatoms. The van der Waals surface area contributed by atoms with Crippen molar-refractivity contribution in [3.05, 3.63) is 46.6 Å². The quantitative estimate of drug-likeness (QED) is 0.130. The Hall–Kier alpha value is -3.55. The smallest absolute Gasteiger partial charge is 0.239 e. The fraction of sp³-hybridized carbons (Fsp3) is 0.444. The highest BCUT2D eigenvalue weighted by Gasteiger charge is 2.46. The van der Waals surface area contributed by atoms with E-state index in [1.807, 2.05) is 0 Å². The minimum Gasteiger partial charge on any atom is -0.508 e. The van der Waals surface area contributed by atoms with Gasteiger partial charge in [0, 0.05) is 17.7 Å². The van der Waals surface area contributed by atoms with Gasteiger partial charge in [0.05, 0.1) is 13.2 Å². The molecule has 0 saturated carbocycles. The van der Waals surface area contributed by atoms with Gasteiger partial charge in [0.15, 0.2) is 5.76 Å². The Balaban J connectivity index is 1.51. The summed E-state index contributed by atoms with van der Waals surface area (Å²) in [6.45, 7) is -1.42. The summed E-state index contributed by atoms with van der Waals surface area (Å²) in [4.78, 5) is 13.6. The van der Waals surface area contributed by atoms with Crippen molar-refractivity contribution in [3.63, 3.8) is 0 Å². The second kappa shape index (κ2) is 12.2. The monoisotopic (exact) mass is 610 g/mol. The molecule has 10 N–H and O–H groups in total. The van der Waals surface area contributed by atoms with Crippen LogP contribution in [0, 0.1) is 0 Å². The van der Waals surface area contributed by atoms with E-state index in [-0.39, 0.29) is 22.7 Å². The summed E-state index contributed by atoms with van der Waals surface area (Å²) in [5.74, 6) is -1.91. The third kappa shape index (κ3) is 5.73. The predicted octanol–water partition coefficient (Wildman–Crippen LogP) is -2.77. The van der Waals surface area contributed by atoms with E-state index in [1.54, 1.807) is 0 Å². The molecule has 0 spiro atoms. The Labute approximate surface area is 241 Å². The first-order valence-electron chi connectivity index (χ1n) is 13.0. The molecule has 3 aromatic rings. The standard InChI is InChI=1S/C27H30O16/c28-7-14-17(32)20(35)22(37)26(41-14)39-11-3-1-9(2-4-11)24-25(19(34)16-12(31)5-10(30)6-13(16)40-24)43-27-23(38)21(36)18(33)15(8-29)42-27/h1-6,14-15,17-18,20-23,26-33,35-38H,7-8H2/t14?,15?,17-,18-,20?,21?,22?,23?,26-,27+/m1/s1. The largest absolute Gasteiger partial charge is 0.508 e. The van der Waals surface area contributed by atoms with E-state index in [2.05, 4.69) is 0 Å². The Morgan fingerprint density at radius 1 is 0.698 bits per heavy atom. The maximum absolute atomic E-state index is 13.6. The van der Waals surface area contributed by atoms with Gasteiger partial charge in [-0.3, -0.25) is 4.79 Å². The molecular formula is C27H30O16. The Kier molecular flexibility index (Phi) is 8.77. The van der Waals surface area contributed by atoms with Crippen molar-refractivity contribution >= 4 is 11.0 Å². The zero-order chi connectivity index (χ0) is 31.2. The predicted molar refractivity (Wildman–Crippen MR) is 140 cm³/mol. The molecule has 234 valence electrons. The highest BCUT2D eigenvalue weighted by Crippen LogP contribution is 2.38. The fourth-order valence-corrected chi connectivity index (χ4v) is 4.83. The first-order valence-corrected chi connectivity index (χ1v) is 13.0. The topological polar surface area (TPSA) is 269 Å². The summed E-state index contributed by atoms with van der Waals surface area (Å²) in [7, 11) is 0. The van der Waals surface area contributed by atoms with Crippen LogP contribution in [0.5, 0.6) is 23.0 Å². The molecule has 6 unspecified atom stereocenters. The van der Waals surface area contributed by atoms with Crippen LogP contribution < -0.4 is 14.9 Å². The van der Waals surface area contributed by atoms with Crippen LogP contribution in [0.2, 0.25) is 0 Å². The van der Waals surface area contributed by atoms with E-state index in [0.29, 0.717) is 0 Å². The molecule has 0 bridgehead atoms. The lowest BCUT2D eigenvalue weighted by Gasteiger charge is -2.39. The Morgan fingerprint density at radius 2 is 1.23 bits per heavy atom. The lowest BCUT2D eigenvalue weighted by Crippen LogP contribution is -2.60. The average molecular weight is 611 g/mol. The molecule has 2 aromatic carbocycles. The minimum absolute atomic E-state index is 0.0721. The summed E-state index contributed by atoms with van der Waals surface area (Å²) >= 11 is 0. The first-order chi connectivity index (χ1) is 20.4. The van der Waals surface area contributed by atoms with Crippen LogP contribution >= 0.6 is 0 Å². The number of aliphatic hydroxyl groups excluding tert-OH is 8. The summed E-state index contributed by atoms with van der Waals surface area (Å²) in [5, 5.41) is 99.7. The Bertz CT molecular complexity index is 1490. The van der Waals surface area contributed by atoms with E-state index >= 15 is 0 Å². The van der Waals surface area contributed by atoms with Gasteiger partial charge in [-0.1, -0.05) is 0 Å². The molecule has 2 aliphatic heterocycles. The molecule has 10 atom stereocenters. The highest BCUT2D eigenvalue weighted by atomic mass is 16.7. The van der Waals surface area contributed by atoms with Gasteiger partial charge in [-0.05, 0) is 24.3 Å². The molecule has 16 nitrogen and oxygen atoms in total. The second-order valence-electron chi connectivity index (χ2n) is 10.1. The third-order valence-corrected chi connectivity index (χ3v) is 7.22. The maximum Gasteiger partial charge on any atom is 0.239 e. The molecule has 0 aliphatic carbocycles. The van der Waals surface area contributed by atoms with Crippen molar-refractivity contribution in [1.82, 2.24) is 0 Å². The molecule has 2 aliphatic rings. The average Bonchev–Trinajstić information content (AvgIpc) is 2.98. The number of phenols is 2.